The first kappa shape index (κ1) is 23.4. The zero-order valence-electron chi connectivity index (χ0n) is 18.7. The zero-order valence-corrected chi connectivity index (χ0v) is 18.7. The van der Waals surface area contributed by atoms with Crippen molar-refractivity contribution in [1.82, 2.24) is 14.8 Å². The minimum Gasteiger partial charge on any atom is -0.481 e. The average Bonchev–Trinajstić information content (AvgIpc) is 2.79. The number of urea groups is 1. The maximum atomic E-state index is 12.9. The fourth-order valence-corrected chi connectivity index (χ4v) is 4.29. The third-order valence-corrected chi connectivity index (χ3v) is 6.04. The number of barbiturate groups is 1. The predicted octanol–water partition coefficient (Wildman–Crippen LogP) is 2.49. The lowest BCUT2D eigenvalue weighted by molar-refractivity contribution is -0.150. The number of amides is 4. The van der Waals surface area contributed by atoms with Gasteiger partial charge in [0.1, 0.15) is 6.42 Å². The molecule has 1 aromatic rings. The largest absolute Gasteiger partial charge is 0.481 e. The van der Waals surface area contributed by atoms with Gasteiger partial charge in [-0.1, -0.05) is 31.6 Å². The Labute approximate surface area is 187 Å². The fraction of sp³-hybridized carbons (Fsp3) is 0.522. The summed E-state index contributed by atoms with van der Waals surface area (Å²) >= 11 is 0. The number of nitrogens with zero attached hydrogens (tertiary/aromatic N) is 3. The summed E-state index contributed by atoms with van der Waals surface area (Å²) in [6, 6.07) is 2.49. The summed E-state index contributed by atoms with van der Waals surface area (Å²) in [7, 11) is 2.85. The first-order valence-electron chi connectivity index (χ1n) is 10.8. The Kier molecular flexibility index (Phi) is 7.27. The van der Waals surface area contributed by atoms with Crippen LogP contribution in [0.2, 0.25) is 0 Å². The molecule has 9 nitrogen and oxygen atoms in total. The molecule has 2 aliphatic rings. The number of pyridine rings is 1. The molecule has 9 heteroatoms. The summed E-state index contributed by atoms with van der Waals surface area (Å²) in [5.41, 5.74) is -0.216. The summed E-state index contributed by atoms with van der Waals surface area (Å²) in [4.78, 5) is 57.0. The second-order valence-corrected chi connectivity index (χ2v) is 8.08. The monoisotopic (exact) mass is 443 g/mol. The van der Waals surface area contributed by atoms with Crippen LogP contribution in [0.25, 0.3) is 0 Å². The van der Waals surface area contributed by atoms with Crippen molar-refractivity contribution in [1.29, 1.82) is 0 Å². The van der Waals surface area contributed by atoms with Crippen molar-refractivity contribution in [2.75, 3.05) is 20.8 Å². The molecule has 2 heterocycles. The summed E-state index contributed by atoms with van der Waals surface area (Å²) in [5, 5.41) is 0. The fourth-order valence-electron chi connectivity index (χ4n) is 4.29. The number of imide groups is 2. The quantitative estimate of drug-likeness (QED) is 0.345. The van der Waals surface area contributed by atoms with Gasteiger partial charge in [0, 0.05) is 18.3 Å². The second kappa shape index (κ2) is 9.93. The minimum atomic E-state index is -0.971. The molecule has 172 valence electrons. The van der Waals surface area contributed by atoms with E-state index in [9.17, 15) is 19.2 Å². The molecule has 0 spiro atoms. The molecule has 0 saturated carbocycles. The molecule has 1 fully saturated rings. The van der Waals surface area contributed by atoms with E-state index in [-0.39, 0.29) is 6.42 Å². The molecule has 0 bridgehead atoms. The number of esters is 1. The van der Waals surface area contributed by atoms with Crippen LogP contribution in [-0.2, 0) is 25.5 Å². The molecule has 1 saturated heterocycles. The molecular formula is C23H29N3O6. The molecule has 3 rings (SSSR count). The zero-order chi connectivity index (χ0) is 23.3. The lowest BCUT2D eigenvalue weighted by Crippen LogP contribution is -2.58. The van der Waals surface area contributed by atoms with E-state index in [0.29, 0.717) is 38.1 Å². The van der Waals surface area contributed by atoms with Crippen molar-refractivity contribution in [3.63, 3.8) is 0 Å². The minimum absolute atomic E-state index is 0.293. The lowest BCUT2D eigenvalue weighted by atomic mass is 9.73. The van der Waals surface area contributed by atoms with Crippen molar-refractivity contribution >= 4 is 23.8 Å². The highest BCUT2D eigenvalue weighted by Gasteiger charge is 2.45. The van der Waals surface area contributed by atoms with Gasteiger partial charge in [-0.05, 0) is 31.7 Å². The van der Waals surface area contributed by atoms with Crippen LogP contribution in [0.4, 0.5) is 4.79 Å². The van der Waals surface area contributed by atoms with E-state index in [0.717, 1.165) is 21.8 Å². The van der Waals surface area contributed by atoms with Gasteiger partial charge in [-0.25, -0.2) is 9.78 Å². The molecule has 1 aromatic heterocycles. The first-order chi connectivity index (χ1) is 15.4. The summed E-state index contributed by atoms with van der Waals surface area (Å²) in [5.74, 6) is -0.953. The Balaban J connectivity index is 1.86. The van der Waals surface area contributed by atoms with Crippen LogP contribution in [0.5, 0.6) is 5.88 Å². The smallest absolute Gasteiger partial charge is 0.333 e. The van der Waals surface area contributed by atoms with Crippen molar-refractivity contribution in [3.8, 4) is 5.88 Å². The van der Waals surface area contributed by atoms with Crippen molar-refractivity contribution in [2.45, 2.75) is 51.5 Å². The van der Waals surface area contributed by atoms with E-state index in [1.807, 2.05) is 13.0 Å². The first-order valence-corrected chi connectivity index (χ1v) is 10.8. The summed E-state index contributed by atoms with van der Waals surface area (Å²) in [6.45, 7) is 2.26. The Morgan fingerprint density at radius 1 is 1.25 bits per heavy atom. The van der Waals surface area contributed by atoms with E-state index in [4.69, 9.17) is 9.47 Å². The van der Waals surface area contributed by atoms with E-state index in [2.05, 4.69) is 4.98 Å². The third kappa shape index (κ3) is 4.51. The molecule has 2 atom stereocenters. The topological polar surface area (TPSA) is 106 Å². The number of hydrogen-bond acceptors (Lipinski definition) is 7. The molecule has 1 aliphatic heterocycles. The Morgan fingerprint density at radius 3 is 2.66 bits per heavy atom. The second-order valence-electron chi connectivity index (χ2n) is 8.08. The van der Waals surface area contributed by atoms with Crippen LogP contribution in [0.3, 0.4) is 0 Å². The molecule has 1 aliphatic carbocycles. The van der Waals surface area contributed by atoms with Crippen LogP contribution >= 0.6 is 0 Å². The molecular weight excluding hydrogens is 414 g/mol. The average molecular weight is 444 g/mol. The predicted molar refractivity (Wildman–Crippen MR) is 115 cm³/mol. The third-order valence-electron chi connectivity index (χ3n) is 6.04. The van der Waals surface area contributed by atoms with E-state index < -0.39 is 35.3 Å². The van der Waals surface area contributed by atoms with Gasteiger partial charge in [-0.3, -0.25) is 24.2 Å². The van der Waals surface area contributed by atoms with Gasteiger partial charge in [-0.15, -0.1) is 0 Å². The highest BCUT2D eigenvalue weighted by atomic mass is 16.5. The normalized spacial score (nSPS) is 23.5. The highest BCUT2D eigenvalue weighted by molar-refractivity contribution is 6.14. The van der Waals surface area contributed by atoms with Crippen molar-refractivity contribution in [2.24, 2.45) is 5.41 Å². The van der Waals surface area contributed by atoms with Crippen LogP contribution in [0.15, 0.2) is 30.5 Å². The van der Waals surface area contributed by atoms with Gasteiger partial charge in [0.25, 0.3) is 0 Å². The number of carbonyl (C=O) groups is 4. The molecule has 2 unspecified atom stereocenters. The number of hydrogen-bond donors (Lipinski definition) is 0. The Hall–Kier alpha value is -3.23. The Bertz CT molecular complexity index is 930. The van der Waals surface area contributed by atoms with E-state index in [1.54, 1.807) is 24.4 Å². The number of unbranched alkanes of at least 4 members (excludes halogenated alkanes) is 1. The summed E-state index contributed by atoms with van der Waals surface area (Å²) in [6.07, 6.45) is 7.25. The van der Waals surface area contributed by atoms with Crippen LogP contribution in [0, 0.1) is 5.41 Å². The van der Waals surface area contributed by atoms with Gasteiger partial charge in [0.05, 0.1) is 25.7 Å². The van der Waals surface area contributed by atoms with Gasteiger partial charge in [-0.2, -0.15) is 0 Å². The SMILES string of the molecule is CCCCN1C(=O)CC(=O)N(C2C=CC(Cc3cccnc3OC)(C(=O)OC)CC2)C1=O. The maximum Gasteiger partial charge on any atom is 0.333 e. The van der Waals surface area contributed by atoms with Gasteiger partial charge >= 0.3 is 12.0 Å². The number of aromatic nitrogens is 1. The standard InChI is InChI=1S/C23H29N3O6/c1-4-5-13-25-18(27)14-19(28)26(22(25)30)17-8-10-23(11-9-17,21(29)32-3)15-16-7-6-12-24-20(16)31-2/h6-8,10,12,17H,4-5,9,11,13-15H2,1-3H3. The maximum absolute atomic E-state index is 12.9. The van der Waals surface area contributed by atoms with Gasteiger partial charge < -0.3 is 9.47 Å². The molecule has 4 amide bonds. The highest BCUT2D eigenvalue weighted by Crippen LogP contribution is 2.39. The molecule has 0 radical (unpaired) electrons. The van der Waals surface area contributed by atoms with Crippen LogP contribution in [-0.4, -0.2) is 65.4 Å². The van der Waals surface area contributed by atoms with Crippen LogP contribution < -0.4 is 4.74 Å². The molecule has 32 heavy (non-hydrogen) atoms. The molecule has 0 aromatic carbocycles. The van der Waals surface area contributed by atoms with Gasteiger partial charge in [0.2, 0.25) is 17.7 Å². The number of ether oxygens (including phenoxy) is 2. The number of rotatable bonds is 8. The Morgan fingerprint density at radius 2 is 2.03 bits per heavy atom. The summed E-state index contributed by atoms with van der Waals surface area (Å²) < 4.78 is 10.4. The molecule has 0 N–H and O–H groups in total. The number of methoxy groups -OCH3 is 2. The van der Waals surface area contributed by atoms with Crippen molar-refractivity contribution in [3.05, 3.63) is 36.0 Å². The van der Waals surface area contributed by atoms with Crippen molar-refractivity contribution < 1.29 is 28.7 Å². The van der Waals surface area contributed by atoms with Crippen LogP contribution in [0.1, 0.15) is 44.6 Å². The number of carbonyl (C=O) groups excluding carboxylic acids is 4. The van der Waals surface area contributed by atoms with E-state index >= 15 is 0 Å². The lowest BCUT2D eigenvalue weighted by Gasteiger charge is -2.40. The van der Waals surface area contributed by atoms with E-state index in [1.165, 1.54) is 14.2 Å². The van der Waals surface area contributed by atoms with Gasteiger partial charge in [0.15, 0.2) is 0 Å².